The van der Waals surface area contributed by atoms with Crippen LogP contribution in [0.15, 0.2) is 83.0 Å². The molecule has 0 aromatic heterocycles. The Morgan fingerprint density at radius 3 is 1.92 bits per heavy atom. The first-order chi connectivity index (χ1) is 11.7. The summed E-state index contributed by atoms with van der Waals surface area (Å²) in [5.41, 5.74) is 2.81. The monoisotopic (exact) mass is 540 g/mol. The summed E-state index contributed by atoms with van der Waals surface area (Å²) >= 11 is 4.64. The van der Waals surface area contributed by atoms with Crippen LogP contribution in [0.4, 0.5) is 11.4 Å². The van der Waals surface area contributed by atoms with E-state index in [-0.39, 0.29) is 0 Å². The Hall–Kier alpha value is -1.48. The first-order valence-corrected chi connectivity index (χ1v) is 9.49. The van der Waals surface area contributed by atoms with Gasteiger partial charge >= 0.3 is 0 Å². The molecule has 120 valence electrons. The Balaban J connectivity index is 1.61. The van der Waals surface area contributed by atoms with E-state index in [0.717, 1.165) is 17.1 Å². The molecular weight excluding hydrogens is 526 g/mol. The van der Waals surface area contributed by atoms with Crippen molar-refractivity contribution in [3.63, 3.8) is 0 Å². The minimum atomic E-state index is 0.553. The Morgan fingerprint density at radius 2 is 1.29 bits per heavy atom. The second-order valence-corrected chi connectivity index (χ2v) is 7.59. The molecule has 0 aliphatic carbocycles. The molecule has 5 heteroatoms. The van der Waals surface area contributed by atoms with Crippen molar-refractivity contribution in [1.29, 1.82) is 0 Å². The summed E-state index contributed by atoms with van der Waals surface area (Å²) in [5, 5.41) is 8.43. The minimum absolute atomic E-state index is 0.553. The van der Waals surface area contributed by atoms with E-state index in [0.29, 0.717) is 6.61 Å². The topological polar surface area (TPSA) is 34.0 Å². The number of benzene rings is 3. The lowest BCUT2D eigenvalue weighted by Crippen LogP contribution is -1.96. The lowest BCUT2D eigenvalue weighted by molar-refractivity contribution is 0.306. The van der Waals surface area contributed by atoms with E-state index in [1.165, 1.54) is 12.7 Å². The van der Waals surface area contributed by atoms with E-state index in [9.17, 15) is 0 Å². The highest BCUT2D eigenvalue weighted by atomic mass is 127. The number of nitrogens with zero attached hydrogens (tertiary/aromatic N) is 2. The molecule has 0 spiro atoms. The molecular formula is C19H14I2N2O. The van der Waals surface area contributed by atoms with Crippen molar-refractivity contribution in [1.82, 2.24) is 0 Å². The molecule has 0 bridgehead atoms. The quantitative estimate of drug-likeness (QED) is 0.257. The van der Waals surface area contributed by atoms with Crippen molar-refractivity contribution in [2.24, 2.45) is 10.2 Å². The van der Waals surface area contributed by atoms with Gasteiger partial charge in [-0.15, -0.1) is 0 Å². The molecule has 0 aliphatic heterocycles. The first kappa shape index (κ1) is 17.3. The standard InChI is InChI=1S/C19H14I2N2O/c20-15-10-14(11-16(21)12-15)13-24-19-8-6-18(7-9-19)23-22-17-4-2-1-3-5-17/h1-12H,13H2. The van der Waals surface area contributed by atoms with Crippen LogP contribution in [-0.4, -0.2) is 0 Å². The third-order valence-electron chi connectivity index (χ3n) is 3.20. The van der Waals surface area contributed by atoms with Crippen LogP contribution in [0.25, 0.3) is 0 Å². The number of hydrogen-bond acceptors (Lipinski definition) is 3. The zero-order valence-electron chi connectivity index (χ0n) is 12.7. The van der Waals surface area contributed by atoms with Crippen molar-refractivity contribution in [2.75, 3.05) is 0 Å². The fourth-order valence-electron chi connectivity index (χ4n) is 2.08. The molecule has 0 atom stereocenters. The number of halogens is 2. The maximum Gasteiger partial charge on any atom is 0.119 e. The van der Waals surface area contributed by atoms with Crippen molar-refractivity contribution >= 4 is 56.6 Å². The minimum Gasteiger partial charge on any atom is -0.489 e. The molecule has 24 heavy (non-hydrogen) atoms. The highest BCUT2D eigenvalue weighted by Gasteiger charge is 2.00. The second kappa shape index (κ2) is 8.57. The zero-order chi connectivity index (χ0) is 16.8. The van der Waals surface area contributed by atoms with Crippen molar-refractivity contribution < 1.29 is 4.74 Å². The van der Waals surface area contributed by atoms with Gasteiger partial charge in [0.05, 0.1) is 11.4 Å². The number of rotatable bonds is 5. The van der Waals surface area contributed by atoms with Crippen LogP contribution in [0.2, 0.25) is 0 Å². The molecule has 3 aromatic carbocycles. The number of hydrogen-bond donors (Lipinski definition) is 0. The van der Waals surface area contributed by atoms with Gasteiger partial charge in [0.25, 0.3) is 0 Å². The predicted octanol–water partition coefficient (Wildman–Crippen LogP) is 6.89. The highest BCUT2D eigenvalue weighted by Crippen LogP contribution is 2.22. The molecule has 3 aromatic rings. The van der Waals surface area contributed by atoms with Crippen molar-refractivity contribution in [3.8, 4) is 5.75 Å². The van der Waals surface area contributed by atoms with Crippen LogP contribution >= 0.6 is 45.2 Å². The largest absolute Gasteiger partial charge is 0.489 e. The Morgan fingerprint density at radius 1 is 0.708 bits per heavy atom. The molecule has 3 nitrogen and oxygen atoms in total. The van der Waals surface area contributed by atoms with E-state index in [1.807, 2.05) is 54.6 Å². The summed E-state index contributed by atoms with van der Waals surface area (Å²) in [6.07, 6.45) is 0. The van der Waals surface area contributed by atoms with Gasteiger partial charge in [0.15, 0.2) is 0 Å². The predicted molar refractivity (Wildman–Crippen MR) is 113 cm³/mol. The normalized spacial score (nSPS) is 10.9. The maximum atomic E-state index is 5.84. The smallest absolute Gasteiger partial charge is 0.119 e. The second-order valence-electron chi connectivity index (χ2n) is 5.10. The summed E-state index contributed by atoms with van der Waals surface area (Å²) in [4.78, 5) is 0. The summed E-state index contributed by atoms with van der Waals surface area (Å²) in [6, 6.07) is 23.7. The fourth-order valence-corrected chi connectivity index (χ4v) is 4.15. The van der Waals surface area contributed by atoms with Gasteiger partial charge in [-0.25, -0.2) is 0 Å². The van der Waals surface area contributed by atoms with Crippen LogP contribution in [0, 0.1) is 7.14 Å². The van der Waals surface area contributed by atoms with Crippen LogP contribution in [0.1, 0.15) is 5.56 Å². The van der Waals surface area contributed by atoms with E-state index < -0.39 is 0 Å². The van der Waals surface area contributed by atoms with Crippen LogP contribution < -0.4 is 4.74 Å². The van der Waals surface area contributed by atoms with Gasteiger partial charge in [-0.1, -0.05) is 18.2 Å². The molecule has 0 amide bonds. The number of ether oxygens (including phenoxy) is 1. The third kappa shape index (κ3) is 5.27. The maximum absolute atomic E-state index is 5.84. The van der Waals surface area contributed by atoms with Gasteiger partial charge < -0.3 is 4.74 Å². The fraction of sp³-hybridized carbons (Fsp3) is 0.0526. The third-order valence-corrected chi connectivity index (χ3v) is 4.45. The average molecular weight is 540 g/mol. The van der Waals surface area contributed by atoms with Gasteiger partial charge in [-0.05, 0) is 105 Å². The summed E-state index contributed by atoms with van der Waals surface area (Å²) in [5.74, 6) is 0.822. The van der Waals surface area contributed by atoms with Crippen LogP contribution in [-0.2, 0) is 6.61 Å². The average Bonchev–Trinajstić information content (AvgIpc) is 2.59. The molecule has 0 heterocycles. The van der Waals surface area contributed by atoms with E-state index in [1.54, 1.807) is 0 Å². The molecule has 0 saturated carbocycles. The lowest BCUT2D eigenvalue weighted by atomic mass is 10.2. The summed E-state index contributed by atoms with van der Waals surface area (Å²) in [7, 11) is 0. The molecule has 0 unspecified atom stereocenters. The Bertz CT molecular complexity index is 813. The highest BCUT2D eigenvalue weighted by molar-refractivity contribution is 14.1. The number of azo groups is 1. The van der Waals surface area contributed by atoms with Gasteiger partial charge in [0.2, 0.25) is 0 Å². The molecule has 0 aliphatic rings. The van der Waals surface area contributed by atoms with Crippen LogP contribution in [0.3, 0.4) is 0 Å². The molecule has 0 fully saturated rings. The van der Waals surface area contributed by atoms with E-state index in [4.69, 9.17) is 4.74 Å². The van der Waals surface area contributed by atoms with E-state index in [2.05, 4.69) is 73.6 Å². The Labute approximate surface area is 168 Å². The van der Waals surface area contributed by atoms with E-state index >= 15 is 0 Å². The van der Waals surface area contributed by atoms with Crippen LogP contribution in [0.5, 0.6) is 5.75 Å². The zero-order valence-corrected chi connectivity index (χ0v) is 17.0. The van der Waals surface area contributed by atoms with Gasteiger partial charge in [-0.3, -0.25) is 0 Å². The summed E-state index contributed by atoms with van der Waals surface area (Å²) < 4.78 is 8.28. The summed E-state index contributed by atoms with van der Waals surface area (Å²) in [6.45, 7) is 0.553. The Kier molecular flexibility index (Phi) is 6.19. The van der Waals surface area contributed by atoms with Crippen molar-refractivity contribution in [2.45, 2.75) is 6.61 Å². The molecule has 3 rings (SSSR count). The lowest BCUT2D eigenvalue weighted by Gasteiger charge is -2.07. The SMILES string of the molecule is Ic1cc(I)cc(COc2ccc(N=Nc3ccccc3)cc2)c1. The van der Waals surface area contributed by atoms with Gasteiger partial charge in [0.1, 0.15) is 12.4 Å². The molecule has 0 radical (unpaired) electrons. The first-order valence-electron chi connectivity index (χ1n) is 7.34. The van der Waals surface area contributed by atoms with Gasteiger partial charge in [-0.2, -0.15) is 10.2 Å². The van der Waals surface area contributed by atoms with Crippen molar-refractivity contribution in [3.05, 3.63) is 85.5 Å². The molecule has 0 saturated heterocycles. The van der Waals surface area contributed by atoms with Gasteiger partial charge in [0, 0.05) is 7.14 Å². The molecule has 0 N–H and O–H groups in total.